The van der Waals surface area contributed by atoms with Crippen molar-refractivity contribution in [2.24, 2.45) is 5.92 Å². The van der Waals surface area contributed by atoms with Crippen molar-refractivity contribution in [1.82, 2.24) is 10.2 Å². The molecule has 126 valence electrons. The van der Waals surface area contributed by atoms with Crippen LogP contribution in [0.25, 0.3) is 0 Å². The molecular formula is C19H28N2O2. The van der Waals surface area contributed by atoms with Gasteiger partial charge in [-0.1, -0.05) is 44.2 Å². The molecule has 1 aliphatic heterocycles. The zero-order valence-electron chi connectivity index (χ0n) is 14.3. The average Bonchev–Trinajstić information content (AvgIpc) is 2.60. The van der Waals surface area contributed by atoms with Crippen molar-refractivity contribution in [3.05, 3.63) is 35.9 Å². The van der Waals surface area contributed by atoms with Gasteiger partial charge in [0.05, 0.1) is 0 Å². The molecule has 1 aromatic carbocycles. The van der Waals surface area contributed by atoms with Crippen LogP contribution in [0.1, 0.15) is 51.0 Å². The van der Waals surface area contributed by atoms with Crippen LogP contribution in [0.15, 0.2) is 30.3 Å². The molecule has 1 fully saturated rings. The second-order valence-electron chi connectivity index (χ2n) is 6.46. The largest absolute Gasteiger partial charge is 0.356 e. The van der Waals surface area contributed by atoms with Gasteiger partial charge in [0.25, 0.3) is 0 Å². The predicted molar refractivity (Wildman–Crippen MR) is 92.1 cm³/mol. The van der Waals surface area contributed by atoms with E-state index in [-0.39, 0.29) is 23.7 Å². The number of carbonyl (C=O) groups excluding carboxylic acids is 2. The van der Waals surface area contributed by atoms with Gasteiger partial charge in [0.2, 0.25) is 11.8 Å². The third-order valence-corrected chi connectivity index (χ3v) is 4.62. The molecule has 0 bridgehead atoms. The van der Waals surface area contributed by atoms with E-state index in [2.05, 4.69) is 31.3 Å². The summed E-state index contributed by atoms with van der Waals surface area (Å²) in [6, 6.07) is 10.2. The topological polar surface area (TPSA) is 49.4 Å². The van der Waals surface area contributed by atoms with E-state index in [1.165, 1.54) is 5.56 Å². The second-order valence-corrected chi connectivity index (χ2v) is 6.46. The minimum atomic E-state index is 0.0668. The molecule has 1 aromatic rings. The molecule has 0 aliphatic carbocycles. The van der Waals surface area contributed by atoms with Crippen molar-refractivity contribution in [2.45, 2.75) is 45.4 Å². The van der Waals surface area contributed by atoms with Gasteiger partial charge < -0.3 is 10.2 Å². The van der Waals surface area contributed by atoms with E-state index in [1.807, 2.05) is 23.1 Å². The first-order chi connectivity index (χ1) is 11.1. The summed E-state index contributed by atoms with van der Waals surface area (Å²) in [7, 11) is 0. The van der Waals surface area contributed by atoms with Crippen LogP contribution in [0.2, 0.25) is 0 Å². The Morgan fingerprint density at radius 2 is 1.87 bits per heavy atom. The van der Waals surface area contributed by atoms with Crippen molar-refractivity contribution in [3.8, 4) is 0 Å². The number of hydrogen-bond donors (Lipinski definition) is 1. The van der Waals surface area contributed by atoms with E-state index in [0.717, 1.165) is 25.8 Å². The van der Waals surface area contributed by atoms with Gasteiger partial charge in [0.15, 0.2) is 0 Å². The van der Waals surface area contributed by atoms with Crippen molar-refractivity contribution in [3.63, 3.8) is 0 Å². The zero-order chi connectivity index (χ0) is 16.7. The van der Waals surface area contributed by atoms with Crippen LogP contribution < -0.4 is 5.32 Å². The van der Waals surface area contributed by atoms with Crippen LogP contribution in [-0.2, 0) is 9.59 Å². The summed E-state index contributed by atoms with van der Waals surface area (Å²) in [5.74, 6) is 0.650. The smallest absolute Gasteiger partial charge is 0.223 e. The van der Waals surface area contributed by atoms with Gasteiger partial charge in [-0.3, -0.25) is 9.59 Å². The summed E-state index contributed by atoms with van der Waals surface area (Å²) >= 11 is 0. The first-order valence-electron chi connectivity index (χ1n) is 8.72. The predicted octanol–water partition coefficient (Wildman–Crippen LogP) is 2.95. The lowest BCUT2D eigenvalue weighted by Gasteiger charge is -2.32. The fourth-order valence-electron chi connectivity index (χ4n) is 3.07. The van der Waals surface area contributed by atoms with E-state index in [9.17, 15) is 9.59 Å². The molecule has 1 aliphatic rings. The Hall–Kier alpha value is -1.84. The Morgan fingerprint density at radius 3 is 2.48 bits per heavy atom. The molecule has 4 nitrogen and oxygen atoms in total. The minimum absolute atomic E-state index is 0.0668. The Morgan fingerprint density at radius 1 is 1.22 bits per heavy atom. The molecule has 1 heterocycles. The summed E-state index contributed by atoms with van der Waals surface area (Å²) in [5.41, 5.74) is 1.20. The Balaban J connectivity index is 1.78. The number of carbonyl (C=O) groups is 2. The Labute approximate surface area is 139 Å². The molecule has 1 saturated heterocycles. The molecule has 0 spiro atoms. The maximum atomic E-state index is 12.5. The van der Waals surface area contributed by atoms with Crippen molar-refractivity contribution in [1.29, 1.82) is 0 Å². The first kappa shape index (κ1) is 17.5. The van der Waals surface area contributed by atoms with Gasteiger partial charge in [-0.15, -0.1) is 0 Å². The third-order valence-electron chi connectivity index (χ3n) is 4.62. The molecule has 0 saturated carbocycles. The van der Waals surface area contributed by atoms with E-state index in [0.29, 0.717) is 19.5 Å². The van der Waals surface area contributed by atoms with Crippen LogP contribution in [0.3, 0.4) is 0 Å². The normalized spacial score (nSPS) is 16.9. The number of amides is 2. The number of rotatable bonds is 6. The maximum Gasteiger partial charge on any atom is 0.223 e. The number of piperidine rings is 1. The van der Waals surface area contributed by atoms with Crippen molar-refractivity contribution in [2.75, 3.05) is 19.6 Å². The first-order valence-corrected chi connectivity index (χ1v) is 8.72. The monoisotopic (exact) mass is 316 g/mol. The highest BCUT2D eigenvalue weighted by Crippen LogP contribution is 2.23. The van der Waals surface area contributed by atoms with Crippen molar-refractivity contribution < 1.29 is 9.59 Å². The van der Waals surface area contributed by atoms with E-state index < -0.39 is 0 Å². The van der Waals surface area contributed by atoms with Crippen LogP contribution in [-0.4, -0.2) is 36.3 Å². The van der Waals surface area contributed by atoms with E-state index >= 15 is 0 Å². The molecule has 1 atom stereocenters. The summed E-state index contributed by atoms with van der Waals surface area (Å²) < 4.78 is 0. The molecular weight excluding hydrogens is 288 g/mol. The summed E-state index contributed by atoms with van der Waals surface area (Å²) in [4.78, 5) is 26.4. The third kappa shape index (κ3) is 5.08. The lowest BCUT2D eigenvalue weighted by molar-refractivity contribution is -0.135. The quantitative estimate of drug-likeness (QED) is 0.877. The van der Waals surface area contributed by atoms with Gasteiger partial charge >= 0.3 is 0 Å². The molecule has 0 radical (unpaired) electrons. The van der Waals surface area contributed by atoms with Crippen LogP contribution in [0.5, 0.6) is 0 Å². The molecule has 2 amide bonds. The number of benzene rings is 1. The van der Waals surface area contributed by atoms with Gasteiger partial charge in [-0.2, -0.15) is 0 Å². The molecule has 23 heavy (non-hydrogen) atoms. The molecule has 4 heteroatoms. The lowest BCUT2D eigenvalue weighted by Crippen LogP contribution is -2.43. The number of hydrogen-bond acceptors (Lipinski definition) is 2. The van der Waals surface area contributed by atoms with E-state index in [4.69, 9.17) is 0 Å². The van der Waals surface area contributed by atoms with E-state index in [1.54, 1.807) is 0 Å². The summed E-state index contributed by atoms with van der Waals surface area (Å²) in [5, 5.41) is 2.96. The standard InChI is InChI=1S/C19H28N2O2/c1-3-11-20-19(23)17-9-12-21(13-10-17)18(22)14-15(2)16-7-5-4-6-8-16/h4-8,15,17H,3,9-14H2,1-2H3,(H,20,23). The van der Waals surface area contributed by atoms with Gasteiger partial charge in [0.1, 0.15) is 0 Å². The van der Waals surface area contributed by atoms with Gasteiger partial charge in [0, 0.05) is 32.0 Å². The van der Waals surface area contributed by atoms with Gasteiger partial charge in [-0.05, 0) is 30.7 Å². The Bertz CT molecular complexity index is 507. The average molecular weight is 316 g/mol. The highest BCUT2D eigenvalue weighted by molar-refractivity contribution is 5.80. The van der Waals surface area contributed by atoms with Crippen LogP contribution in [0.4, 0.5) is 0 Å². The van der Waals surface area contributed by atoms with Crippen molar-refractivity contribution >= 4 is 11.8 Å². The Kier molecular flexibility index (Phi) is 6.63. The minimum Gasteiger partial charge on any atom is -0.356 e. The zero-order valence-corrected chi connectivity index (χ0v) is 14.3. The fraction of sp³-hybridized carbons (Fsp3) is 0.579. The van der Waals surface area contributed by atoms with Gasteiger partial charge in [-0.25, -0.2) is 0 Å². The fourth-order valence-corrected chi connectivity index (χ4v) is 3.07. The van der Waals surface area contributed by atoms with Crippen LogP contribution >= 0.6 is 0 Å². The maximum absolute atomic E-state index is 12.5. The second kappa shape index (κ2) is 8.70. The molecule has 1 unspecified atom stereocenters. The SMILES string of the molecule is CCCNC(=O)C1CCN(C(=O)CC(C)c2ccccc2)CC1. The number of nitrogens with one attached hydrogen (secondary N) is 1. The molecule has 0 aromatic heterocycles. The lowest BCUT2D eigenvalue weighted by atomic mass is 9.93. The van der Waals surface area contributed by atoms with Crippen LogP contribution in [0, 0.1) is 5.92 Å². The molecule has 1 N–H and O–H groups in total. The molecule has 2 rings (SSSR count). The highest BCUT2D eigenvalue weighted by Gasteiger charge is 2.27. The highest BCUT2D eigenvalue weighted by atomic mass is 16.2. The number of nitrogens with zero attached hydrogens (tertiary/aromatic N) is 1. The summed E-state index contributed by atoms with van der Waals surface area (Å²) in [6.45, 7) is 6.29. The number of likely N-dealkylation sites (tertiary alicyclic amines) is 1. The summed E-state index contributed by atoms with van der Waals surface area (Å²) in [6.07, 6.45) is 3.05.